The average molecular weight is 409 g/mol. The van der Waals surface area contributed by atoms with Gasteiger partial charge in [0.2, 0.25) is 0 Å². The summed E-state index contributed by atoms with van der Waals surface area (Å²) in [6.45, 7) is 5.05. The van der Waals surface area contributed by atoms with Gasteiger partial charge < -0.3 is 14.4 Å². The summed E-state index contributed by atoms with van der Waals surface area (Å²) in [5.41, 5.74) is 0.570. The van der Waals surface area contributed by atoms with Crippen molar-refractivity contribution in [3.05, 3.63) is 44.9 Å². The van der Waals surface area contributed by atoms with Gasteiger partial charge in [-0.15, -0.1) is 11.3 Å². The van der Waals surface area contributed by atoms with Gasteiger partial charge in [0.25, 0.3) is 5.91 Å². The van der Waals surface area contributed by atoms with Crippen LogP contribution < -0.4 is 4.74 Å². The maximum Gasteiger partial charge on any atom is 0.351 e. The molecule has 0 saturated carbocycles. The molecule has 1 amide bonds. The first kappa shape index (κ1) is 19.6. The second kappa shape index (κ2) is 8.71. The number of likely N-dealkylation sites (tertiary alicyclic amines) is 1. The van der Waals surface area contributed by atoms with Crippen LogP contribution in [-0.2, 0) is 16.1 Å². The molecule has 1 fully saturated rings. The summed E-state index contributed by atoms with van der Waals surface area (Å²) in [7, 11) is 0. The summed E-state index contributed by atoms with van der Waals surface area (Å²) in [5, 5.41) is 1.29. The van der Waals surface area contributed by atoms with Crippen molar-refractivity contribution < 1.29 is 19.1 Å². The van der Waals surface area contributed by atoms with Gasteiger partial charge in [0, 0.05) is 18.1 Å². The van der Waals surface area contributed by atoms with E-state index >= 15 is 0 Å². The van der Waals surface area contributed by atoms with Crippen molar-refractivity contribution in [2.45, 2.75) is 39.4 Å². The third-order valence-electron chi connectivity index (χ3n) is 4.25. The van der Waals surface area contributed by atoms with Gasteiger partial charge in [0.05, 0.1) is 5.69 Å². The Morgan fingerprint density at radius 2 is 1.93 bits per heavy atom. The van der Waals surface area contributed by atoms with Crippen molar-refractivity contribution in [3.63, 3.8) is 0 Å². The highest BCUT2D eigenvalue weighted by Crippen LogP contribution is 2.23. The van der Waals surface area contributed by atoms with Crippen LogP contribution in [0.25, 0.3) is 0 Å². The third kappa shape index (κ3) is 4.99. The van der Waals surface area contributed by atoms with E-state index in [1.807, 2.05) is 0 Å². The molecule has 1 unspecified atom stereocenters. The lowest BCUT2D eigenvalue weighted by Gasteiger charge is -2.20. The lowest BCUT2D eigenvalue weighted by Crippen LogP contribution is -2.38. The highest BCUT2D eigenvalue weighted by Gasteiger charge is 2.27. The predicted octanol–water partition coefficient (Wildman–Crippen LogP) is 3.85. The number of thiazole rings is 1. The van der Waals surface area contributed by atoms with Crippen molar-refractivity contribution in [1.29, 1.82) is 0 Å². The molecular formula is C19H21ClN2O4S. The molecule has 8 heteroatoms. The van der Waals surface area contributed by atoms with Gasteiger partial charge >= 0.3 is 5.97 Å². The molecule has 1 atom stereocenters. The summed E-state index contributed by atoms with van der Waals surface area (Å²) in [6, 6.07) is 7.02. The molecule has 27 heavy (non-hydrogen) atoms. The van der Waals surface area contributed by atoms with Gasteiger partial charge in [-0.25, -0.2) is 9.78 Å². The van der Waals surface area contributed by atoms with Crippen molar-refractivity contribution in [3.8, 4) is 5.75 Å². The number of benzene rings is 1. The first-order valence-corrected chi connectivity index (χ1v) is 9.98. The van der Waals surface area contributed by atoms with E-state index in [-0.39, 0.29) is 12.5 Å². The first-order valence-electron chi connectivity index (χ1n) is 8.78. The van der Waals surface area contributed by atoms with Gasteiger partial charge in [0.15, 0.2) is 6.10 Å². The molecule has 1 aliphatic rings. The van der Waals surface area contributed by atoms with Crippen LogP contribution in [0.1, 0.15) is 40.1 Å². The second-order valence-corrected chi connectivity index (χ2v) is 7.86. The van der Waals surface area contributed by atoms with Crippen LogP contribution in [0.2, 0.25) is 5.02 Å². The number of carbonyl (C=O) groups excluding carboxylic acids is 2. The van der Waals surface area contributed by atoms with Gasteiger partial charge in [-0.05, 0) is 51.0 Å². The fourth-order valence-corrected chi connectivity index (χ4v) is 3.83. The van der Waals surface area contributed by atoms with Crippen molar-refractivity contribution >= 4 is 34.8 Å². The maximum absolute atomic E-state index is 12.4. The molecule has 6 nitrogen and oxygen atoms in total. The van der Waals surface area contributed by atoms with Crippen LogP contribution in [-0.4, -0.2) is 41.0 Å². The van der Waals surface area contributed by atoms with Crippen molar-refractivity contribution in [1.82, 2.24) is 9.88 Å². The molecule has 0 radical (unpaired) electrons. The molecule has 1 aliphatic heterocycles. The van der Waals surface area contributed by atoms with E-state index in [1.54, 1.807) is 43.0 Å². The Bertz CT molecular complexity index is 816. The lowest BCUT2D eigenvalue weighted by atomic mass is 10.3. The number of ether oxygens (including phenoxy) is 2. The normalized spacial score (nSPS) is 14.9. The molecule has 1 saturated heterocycles. The summed E-state index contributed by atoms with van der Waals surface area (Å²) in [4.78, 5) is 31.2. The zero-order chi connectivity index (χ0) is 19.4. The number of halogens is 1. The van der Waals surface area contributed by atoms with E-state index in [0.29, 0.717) is 26.4 Å². The quantitative estimate of drug-likeness (QED) is 0.679. The van der Waals surface area contributed by atoms with E-state index in [4.69, 9.17) is 21.1 Å². The lowest BCUT2D eigenvalue weighted by molar-refractivity contribution is -0.138. The van der Waals surface area contributed by atoms with Crippen LogP contribution in [0.15, 0.2) is 24.3 Å². The highest BCUT2D eigenvalue weighted by molar-refractivity contribution is 7.13. The maximum atomic E-state index is 12.4. The molecule has 3 rings (SSSR count). The molecule has 0 N–H and O–H groups in total. The van der Waals surface area contributed by atoms with E-state index < -0.39 is 12.1 Å². The summed E-state index contributed by atoms with van der Waals surface area (Å²) in [5.74, 6) is -0.00156. The Labute approximate surface area is 167 Å². The monoisotopic (exact) mass is 408 g/mol. The Balaban J connectivity index is 1.58. The van der Waals surface area contributed by atoms with E-state index in [1.165, 1.54) is 11.3 Å². The number of hydrogen-bond donors (Lipinski definition) is 0. The summed E-state index contributed by atoms with van der Waals surface area (Å²) in [6.07, 6.45) is 1.19. The summed E-state index contributed by atoms with van der Waals surface area (Å²) < 4.78 is 11.0. The minimum absolute atomic E-state index is 0.144. The van der Waals surface area contributed by atoms with E-state index in [9.17, 15) is 9.59 Å². The van der Waals surface area contributed by atoms with Crippen LogP contribution in [0.5, 0.6) is 5.75 Å². The number of nitrogens with zero attached hydrogens (tertiary/aromatic N) is 2. The second-order valence-electron chi connectivity index (χ2n) is 6.34. The molecule has 1 aromatic heterocycles. The predicted molar refractivity (Wildman–Crippen MR) is 103 cm³/mol. The van der Waals surface area contributed by atoms with Crippen LogP contribution in [0.3, 0.4) is 0 Å². The SMILES string of the molecule is Cc1nc(COc2ccc(Cl)cc2)sc1C(=O)OC(C)C(=O)N1CCCC1. The number of rotatable bonds is 6. The molecule has 0 spiro atoms. The van der Waals surface area contributed by atoms with Crippen molar-refractivity contribution in [2.75, 3.05) is 13.1 Å². The fourth-order valence-electron chi connectivity index (χ4n) is 2.84. The van der Waals surface area contributed by atoms with Gasteiger partial charge in [0.1, 0.15) is 22.2 Å². The van der Waals surface area contributed by atoms with Crippen LogP contribution in [0.4, 0.5) is 0 Å². The Morgan fingerprint density at radius 1 is 1.26 bits per heavy atom. The number of carbonyl (C=O) groups is 2. The smallest absolute Gasteiger partial charge is 0.351 e. The van der Waals surface area contributed by atoms with Crippen molar-refractivity contribution in [2.24, 2.45) is 0 Å². The molecule has 1 aromatic carbocycles. The Morgan fingerprint density at radius 3 is 2.59 bits per heavy atom. The number of aryl methyl sites for hydroxylation is 1. The molecular weight excluding hydrogens is 388 g/mol. The van der Waals surface area contributed by atoms with E-state index in [2.05, 4.69) is 4.98 Å². The van der Waals surface area contributed by atoms with Crippen LogP contribution >= 0.6 is 22.9 Å². The minimum atomic E-state index is -0.800. The average Bonchev–Trinajstić information content (AvgIpc) is 3.30. The van der Waals surface area contributed by atoms with Crippen LogP contribution in [0, 0.1) is 6.92 Å². The third-order valence-corrected chi connectivity index (χ3v) is 5.61. The van der Waals surface area contributed by atoms with Gasteiger partial charge in [-0.3, -0.25) is 4.79 Å². The first-order chi connectivity index (χ1) is 12.9. The number of esters is 1. The summed E-state index contributed by atoms with van der Waals surface area (Å²) >= 11 is 7.06. The topological polar surface area (TPSA) is 68.7 Å². The zero-order valence-electron chi connectivity index (χ0n) is 15.2. The minimum Gasteiger partial charge on any atom is -0.486 e. The highest BCUT2D eigenvalue weighted by atomic mass is 35.5. The Hall–Kier alpha value is -2.12. The van der Waals surface area contributed by atoms with Gasteiger partial charge in [-0.2, -0.15) is 0 Å². The molecule has 2 heterocycles. The standard InChI is InChI=1S/C19H21ClN2O4S/c1-12-17(19(24)26-13(2)18(23)22-9-3-4-10-22)27-16(21-12)11-25-15-7-5-14(20)6-8-15/h5-8,13H,3-4,9-11H2,1-2H3. The van der Waals surface area contributed by atoms with Gasteiger partial charge in [-0.1, -0.05) is 11.6 Å². The number of aromatic nitrogens is 1. The number of hydrogen-bond acceptors (Lipinski definition) is 6. The van der Waals surface area contributed by atoms with E-state index in [0.717, 1.165) is 25.9 Å². The zero-order valence-corrected chi connectivity index (χ0v) is 16.8. The Kier molecular flexibility index (Phi) is 6.34. The largest absolute Gasteiger partial charge is 0.486 e. The molecule has 0 bridgehead atoms. The molecule has 2 aromatic rings. The molecule has 0 aliphatic carbocycles. The molecule has 144 valence electrons. The fraction of sp³-hybridized carbons (Fsp3) is 0.421. The number of amides is 1.